The lowest BCUT2D eigenvalue weighted by Crippen LogP contribution is -2.46. The number of likely N-dealkylation sites (N-methyl/N-ethyl adjacent to an activating group) is 1. The van der Waals surface area contributed by atoms with Gasteiger partial charge < -0.3 is 24.4 Å². The van der Waals surface area contributed by atoms with Crippen LogP contribution in [0.25, 0.3) is 0 Å². The molecule has 1 aliphatic carbocycles. The maximum Gasteiger partial charge on any atom is 0.323 e. The molecule has 5 atom stereocenters. The number of nitrogens with zero attached hydrogens (tertiary/aromatic N) is 1. The minimum atomic E-state index is -0.782. The van der Waals surface area contributed by atoms with Gasteiger partial charge in [-0.3, -0.25) is 9.59 Å². The number of ether oxygens (including phenoxy) is 3. The monoisotopic (exact) mass is 686 g/mol. The van der Waals surface area contributed by atoms with E-state index in [-0.39, 0.29) is 30.4 Å². The van der Waals surface area contributed by atoms with E-state index in [9.17, 15) is 9.59 Å². The van der Waals surface area contributed by atoms with Gasteiger partial charge in [-0.15, -0.1) is 12.4 Å². The zero-order chi connectivity index (χ0) is 31.8. The molecule has 1 amide bonds. The molecule has 0 radical (unpaired) electrons. The summed E-state index contributed by atoms with van der Waals surface area (Å²) in [4.78, 5) is 28.4. The van der Waals surface area contributed by atoms with Crippen LogP contribution in [0.15, 0.2) is 54.6 Å². The molecular weight excluding hydrogens is 647 g/mol. The van der Waals surface area contributed by atoms with Gasteiger partial charge in [-0.1, -0.05) is 68.6 Å². The van der Waals surface area contributed by atoms with E-state index in [0.29, 0.717) is 64.6 Å². The summed E-state index contributed by atoms with van der Waals surface area (Å²) in [6, 6.07) is 16.3. The normalized spacial score (nSPS) is 23.9. The highest BCUT2D eigenvalue weighted by atomic mass is 35.5. The van der Waals surface area contributed by atoms with Gasteiger partial charge in [0, 0.05) is 19.2 Å². The van der Waals surface area contributed by atoms with Gasteiger partial charge in [-0.25, -0.2) is 0 Å². The van der Waals surface area contributed by atoms with E-state index in [4.69, 9.17) is 37.4 Å². The topological polar surface area (TPSA) is 77.1 Å². The molecule has 1 fully saturated rings. The second kappa shape index (κ2) is 14.4. The highest BCUT2D eigenvalue weighted by molar-refractivity contribution is 6.42. The molecule has 1 saturated carbocycles. The van der Waals surface area contributed by atoms with Crippen LogP contribution < -0.4 is 19.7 Å². The van der Waals surface area contributed by atoms with E-state index >= 15 is 0 Å². The number of benzene rings is 3. The molecule has 7 nitrogen and oxygen atoms in total. The predicted octanol–water partition coefficient (Wildman–Crippen LogP) is 8.11. The number of hydrogen-bond acceptors (Lipinski definition) is 6. The number of halogens is 3. The van der Waals surface area contributed by atoms with E-state index in [2.05, 4.69) is 26.1 Å². The second-order valence-electron chi connectivity index (χ2n) is 13.0. The molecule has 0 aromatic heterocycles. The summed E-state index contributed by atoms with van der Waals surface area (Å²) in [5.41, 5.74) is 4.41. The van der Waals surface area contributed by atoms with Crippen LogP contribution in [0.4, 0.5) is 5.69 Å². The Morgan fingerprint density at radius 1 is 1.04 bits per heavy atom. The third-order valence-electron chi connectivity index (χ3n) is 9.49. The molecule has 2 aliphatic heterocycles. The van der Waals surface area contributed by atoms with Crippen LogP contribution in [0, 0.1) is 17.8 Å². The van der Waals surface area contributed by atoms with Crippen molar-refractivity contribution in [1.29, 1.82) is 0 Å². The lowest BCUT2D eigenvalue weighted by Gasteiger charge is -2.38. The predicted molar refractivity (Wildman–Crippen MR) is 183 cm³/mol. The second-order valence-corrected chi connectivity index (χ2v) is 13.8. The van der Waals surface area contributed by atoms with Crippen LogP contribution in [0.2, 0.25) is 10.0 Å². The number of hydrogen-bond donors (Lipinski definition) is 1. The number of anilines is 1. The number of fused-ring (bicyclic) bond motifs is 2. The molecule has 3 aliphatic rings. The highest BCUT2D eigenvalue weighted by Crippen LogP contribution is 2.42. The molecule has 10 heteroatoms. The molecule has 46 heavy (non-hydrogen) atoms. The fraction of sp³-hybridized carbons (Fsp3) is 0.444. The zero-order valence-electron chi connectivity index (χ0n) is 26.6. The Kier molecular flexibility index (Phi) is 10.8. The Morgan fingerprint density at radius 3 is 2.52 bits per heavy atom. The van der Waals surface area contributed by atoms with Crippen molar-refractivity contribution >= 4 is 53.2 Å². The number of rotatable bonds is 7. The average molecular weight is 688 g/mol. The van der Waals surface area contributed by atoms with Crippen molar-refractivity contribution in [2.45, 2.75) is 77.9 Å². The summed E-state index contributed by atoms with van der Waals surface area (Å²) in [6.07, 6.45) is 2.90. The summed E-state index contributed by atoms with van der Waals surface area (Å²) in [7, 11) is 1.76. The van der Waals surface area contributed by atoms with Crippen molar-refractivity contribution in [2.24, 2.45) is 17.8 Å². The van der Waals surface area contributed by atoms with Crippen LogP contribution in [-0.4, -0.2) is 31.1 Å². The molecule has 0 spiro atoms. The molecule has 3 aromatic rings. The van der Waals surface area contributed by atoms with Crippen molar-refractivity contribution in [3.63, 3.8) is 0 Å². The number of carbonyl (C=O) groups excluding carboxylic acids is 2. The largest absolute Gasteiger partial charge is 0.489 e. The van der Waals surface area contributed by atoms with Crippen molar-refractivity contribution in [3.8, 4) is 11.5 Å². The molecule has 6 rings (SSSR count). The van der Waals surface area contributed by atoms with Gasteiger partial charge in [0.15, 0.2) is 0 Å². The third kappa shape index (κ3) is 7.28. The first-order valence-corrected chi connectivity index (χ1v) is 16.5. The maximum absolute atomic E-state index is 13.5. The van der Waals surface area contributed by atoms with Crippen LogP contribution in [-0.2, 0) is 33.9 Å². The Morgan fingerprint density at radius 2 is 1.80 bits per heavy atom. The molecule has 2 heterocycles. The Balaban J connectivity index is 0.00000417. The molecule has 246 valence electrons. The first-order valence-electron chi connectivity index (χ1n) is 15.8. The van der Waals surface area contributed by atoms with Gasteiger partial charge in [0.05, 0.1) is 15.7 Å². The van der Waals surface area contributed by atoms with Crippen LogP contribution >= 0.6 is 35.6 Å². The number of esters is 1. The standard InChI is InChI=1S/C36H40Cl2N2O5.ClH/c1-20(2)27-11-5-21(3)13-32(27)45-36(42)30-15-24-16-31-33(17-25(24)18-39-30)44-34(35(41)40(31)4)23-7-9-26(10-8-23)43-19-22-6-12-28(37)29(38)14-22;/h6-10,12,14,16-17,20-21,27,30,32,34,39H,5,11,13,15,18-19H2,1-4H3;1H/t21-,27+,30+,32-,34+;/m1./s1. The molecule has 0 unspecified atom stereocenters. The van der Waals surface area contributed by atoms with Gasteiger partial charge in [-0.05, 0) is 90.1 Å². The van der Waals surface area contributed by atoms with Crippen LogP contribution in [0.1, 0.15) is 68.4 Å². The zero-order valence-corrected chi connectivity index (χ0v) is 28.9. The van der Waals surface area contributed by atoms with Crippen molar-refractivity contribution in [2.75, 3.05) is 11.9 Å². The quantitative estimate of drug-likeness (QED) is 0.253. The number of amides is 1. The summed E-state index contributed by atoms with van der Waals surface area (Å²) in [5, 5.41) is 4.37. The first-order chi connectivity index (χ1) is 21.6. The summed E-state index contributed by atoms with van der Waals surface area (Å²) in [6.45, 7) is 7.53. The minimum absolute atomic E-state index is 0. The first kappa shape index (κ1) is 34.4. The summed E-state index contributed by atoms with van der Waals surface area (Å²) >= 11 is 12.1. The lowest BCUT2D eigenvalue weighted by atomic mass is 9.75. The Hall–Kier alpha value is -2.97. The van der Waals surface area contributed by atoms with Gasteiger partial charge in [-0.2, -0.15) is 0 Å². The number of carbonyl (C=O) groups is 2. The lowest BCUT2D eigenvalue weighted by molar-refractivity contribution is -0.158. The van der Waals surface area contributed by atoms with Crippen molar-refractivity contribution < 1.29 is 23.8 Å². The van der Waals surface area contributed by atoms with Gasteiger partial charge in [0.2, 0.25) is 6.10 Å². The van der Waals surface area contributed by atoms with Crippen molar-refractivity contribution in [3.05, 3.63) is 86.9 Å². The SMILES string of the molecule is CC(C)[C@@H]1CC[C@@H](C)C[C@H]1OC(=O)[C@@H]1Cc2cc3c(cc2CN1)O[C@@H](c1ccc(OCc2ccc(Cl)c(Cl)c2)cc1)C(=O)N3C.Cl. The molecule has 0 bridgehead atoms. The molecule has 1 N–H and O–H groups in total. The fourth-order valence-corrected chi connectivity index (χ4v) is 7.08. The van der Waals surface area contributed by atoms with Gasteiger partial charge in [0.25, 0.3) is 5.91 Å². The van der Waals surface area contributed by atoms with E-state index in [1.54, 1.807) is 24.1 Å². The van der Waals surface area contributed by atoms with Gasteiger partial charge >= 0.3 is 5.97 Å². The molecule has 0 saturated heterocycles. The average Bonchev–Trinajstić information content (AvgIpc) is 3.02. The summed E-state index contributed by atoms with van der Waals surface area (Å²) in [5.74, 6) is 2.39. The van der Waals surface area contributed by atoms with Crippen LogP contribution in [0.3, 0.4) is 0 Å². The molecule has 3 aromatic carbocycles. The van der Waals surface area contributed by atoms with E-state index in [1.807, 2.05) is 42.5 Å². The third-order valence-corrected chi connectivity index (χ3v) is 10.2. The molecular formula is C36H41Cl3N2O5. The highest BCUT2D eigenvalue weighted by Gasteiger charge is 2.38. The van der Waals surface area contributed by atoms with Crippen LogP contribution in [0.5, 0.6) is 11.5 Å². The Bertz CT molecular complexity index is 1580. The van der Waals surface area contributed by atoms with Crippen molar-refractivity contribution in [1.82, 2.24) is 5.32 Å². The van der Waals surface area contributed by atoms with E-state index in [1.165, 1.54) is 6.42 Å². The Labute approximate surface area is 287 Å². The minimum Gasteiger partial charge on any atom is -0.489 e. The fourth-order valence-electron chi connectivity index (χ4n) is 6.76. The summed E-state index contributed by atoms with van der Waals surface area (Å²) < 4.78 is 18.4. The number of nitrogens with one attached hydrogen (secondary N) is 1. The van der Waals surface area contributed by atoms with E-state index in [0.717, 1.165) is 35.1 Å². The van der Waals surface area contributed by atoms with Gasteiger partial charge in [0.1, 0.15) is 30.3 Å². The maximum atomic E-state index is 13.5. The smallest absolute Gasteiger partial charge is 0.323 e. The van der Waals surface area contributed by atoms with E-state index < -0.39 is 12.1 Å².